The van der Waals surface area contributed by atoms with Gasteiger partial charge in [0.05, 0.1) is 6.61 Å². The summed E-state index contributed by atoms with van der Waals surface area (Å²) in [7, 11) is 3.49. The smallest absolute Gasteiger partial charge is 0.258 e. The zero-order chi connectivity index (χ0) is 15.8. The van der Waals surface area contributed by atoms with E-state index in [-0.39, 0.29) is 24.6 Å². The van der Waals surface area contributed by atoms with Gasteiger partial charge in [0.2, 0.25) is 0 Å². The van der Waals surface area contributed by atoms with Crippen LogP contribution in [0.25, 0.3) is 0 Å². The lowest BCUT2D eigenvalue weighted by Crippen LogP contribution is -2.38. The van der Waals surface area contributed by atoms with Crippen molar-refractivity contribution in [3.63, 3.8) is 0 Å². The number of rotatable bonds is 8. The third-order valence-corrected chi connectivity index (χ3v) is 3.55. The van der Waals surface area contributed by atoms with Crippen LogP contribution >= 0.6 is 15.9 Å². The standard InChI is InChI=1S/C15H23BrN2O3/c1-10(8-20-4)18-15(19)9-21-14-7-12(16)5-6-13(14)11(2)17-3/h5-7,10-11,17H,8-9H2,1-4H3,(H,18,19). The highest BCUT2D eigenvalue weighted by atomic mass is 79.9. The molecule has 0 aliphatic rings. The number of amides is 1. The molecule has 0 spiro atoms. The summed E-state index contributed by atoms with van der Waals surface area (Å²) in [4.78, 5) is 11.8. The van der Waals surface area contributed by atoms with Crippen molar-refractivity contribution in [2.24, 2.45) is 0 Å². The van der Waals surface area contributed by atoms with Crippen molar-refractivity contribution in [3.05, 3.63) is 28.2 Å². The lowest BCUT2D eigenvalue weighted by atomic mass is 10.1. The first-order chi connectivity index (χ1) is 9.97. The van der Waals surface area contributed by atoms with Gasteiger partial charge in [-0.2, -0.15) is 0 Å². The molecular weight excluding hydrogens is 336 g/mol. The van der Waals surface area contributed by atoms with Crippen LogP contribution in [0.4, 0.5) is 0 Å². The third kappa shape index (κ3) is 6.03. The Morgan fingerprint density at radius 1 is 1.38 bits per heavy atom. The molecule has 21 heavy (non-hydrogen) atoms. The highest BCUT2D eigenvalue weighted by Crippen LogP contribution is 2.28. The van der Waals surface area contributed by atoms with E-state index in [1.807, 2.05) is 39.1 Å². The summed E-state index contributed by atoms with van der Waals surface area (Å²) in [5.41, 5.74) is 1.01. The van der Waals surface area contributed by atoms with Gasteiger partial charge in [-0.15, -0.1) is 0 Å². The molecule has 0 saturated carbocycles. The lowest BCUT2D eigenvalue weighted by Gasteiger charge is -2.18. The van der Waals surface area contributed by atoms with E-state index in [1.165, 1.54) is 0 Å². The molecule has 0 bridgehead atoms. The minimum Gasteiger partial charge on any atom is -0.483 e. The van der Waals surface area contributed by atoms with E-state index in [2.05, 4.69) is 26.6 Å². The van der Waals surface area contributed by atoms with Gasteiger partial charge in [0.15, 0.2) is 6.61 Å². The zero-order valence-corrected chi connectivity index (χ0v) is 14.5. The first kappa shape index (κ1) is 17.9. The maximum absolute atomic E-state index is 11.8. The minimum absolute atomic E-state index is 0.0199. The van der Waals surface area contributed by atoms with Crippen LogP contribution in [-0.2, 0) is 9.53 Å². The maximum atomic E-state index is 11.8. The first-order valence-corrected chi connectivity index (χ1v) is 7.65. The Balaban J connectivity index is 2.65. The van der Waals surface area contributed by atoms with Gasteiger partial charge >= 0.3 is 0 Å². The second-order valence-electron chi connectivity index (χ2n) is 4.91. The minimum atomic E-state index is -0.164. The van der Waals surface area contributed by atoms with Crippen molar-refractivity contribution in [2.75, 3.05) is 27.4 Å². The van der Waals surface area contributed by atoms with Crippen LogP contribution in [0.5, 0.6) is 5.75 Å². The molecule has 2 atom stereocenters. The average molecular weight is 359 g/mol. The quantitative estimate of drug-likeness (QED) is 0.748. The number of carbonyl (C=O) groups excluding carboxylic acids is 1. The number of ether oxygens (including phenoxy) is 2. The van der Waals surface area contributed by atoms with Gasteiger partial charge in [-0.3, -0.25) is 4.79 Å². The normalized spacial score (nSPS) is 13.6. The van der Waals surface area contributed by atoms with Crippen LogP contribution in [0.15, 0.2) is 22.7 Å². The Labute approximate surface area is 134 Å². The molecular formula is C15H23BrN2O3. The van der Waals surface area contributed by atoms with Crippen molar-refractivity contribution in [1.29, 1.82) is 0 Å². The Hall–Kier alpha value is -1.11. The molecule has 118 valence electrons. The van der Waals surface area contributed by atoms with Crippen molar-refractivity contribution in [2.45, 2.75) is 25.9 Å². The molecule has 1 amide bonds. The summed E-state index contributed by atoms with van der Waals surface area (Å²) in [5, 5.41) is 5.98. The number of methoxy groups -OCH3 is 1. The van der Waals surface area contributed by atoms with Crippen LogP contribution in [0.3, 0.4) is 0 Å². The molecule has 2 N–H and O–H groups in total. The predicted molar refractivity (Wildman–Crippen MR) is 86.6 cm³/mol. The van der Waals surface area contributed by atoms with Crippen molar-refractivity contribution < 1.29 is 14.3 Å². The summed E-state index contributed by atoms with van der Waals surface area (Å²) >= 11 is 3.42. The van der Waals surface area contributed by atoms with E-state index in [1.54, 1.807) is 7.11 Å². The second kappa shape index (κ2) is 9.02. The molecule has 0 saturated heterocycles. The molecule has 0 aliphatic carbocycles. The van der Waals surface area contributed by atoms with Crippen LogP contribution in [0, 0.1) is 0 Å². The monoisotopic (exact) mass is 358 g/mol. The van der Waals surface area contributed by atoms with E-state index < -0.39 is 0 Å². The number of hydrogen-bond donors (Lipinski definition) is 2. The number of nitrogens with one attached hydrogen (secondary N) is 2. The Bertz CT molecular complexity index is 468. The number of carbonyl (C=O) groups is 1. The van der Waals surface area contributed by atoms with Crippen LogP contribution in [0.1, 0.15) is 25.5 Å². The fraction of sp³-hybridized carbons (Fsp3) is 0.533. The summed E-state index contributed by atoms with van der Waals surface area (Å²) in [6, 6.07) is 5.91. The summed E-state index contributed by atoms with van der Waals surface area (Å²) in [6.45, 7) is 4.38. The van der Waals surface area contributed by atoms with Gasteiger partial charge in [-0.25, -0.2) is 0 Å². The van der Waals surface area contributed by atoms with E-state index in [0.29, 0.717) is 12.4 Å². The second-order valence-corrected chi connectivity index (χ2v) is 5.82. The topological polar surface area (TPSA) is 59.6 Å². The first-order valence-electron chi connectivity index (χ1n) is 6.85. The third-order valence-electron chi connectivity index (χ3n) is 3.06. The summed E-state index contributed by atoms with van der Waals surface area (Å²) < 4.78 is 11.6. The summed E-state index contributed by atoms with van der Waals surface area (Å²) in [5.74, 6) is 0.531. The molecule has 5 nitrogen and oxygen atoms in total. The lowest BCUT2D eigenvalue weighted by molar-refractivity contribution is -0.124. The molecule has 1 aromatic rings. The fourth-order valence-corrected chi connectivity index (χ4v) is 2.24. The highest BCUT2D eigenvalue weighted by Gasteiger charge is 2.13. The van der Waals surface area contributed by atoms with Gasteiger partial charge in [0.25, 0.3) is 5.91 Å². The largest absolute Gasteiger partial charge is 0.483 e. The van der Waals surface area contributed by atoms with Crippen molar-refractivity contribution >= 4 is 21.8 Å². The van der Waals surface area contributed by atoms with E-state index in [9.17, 15) is 4.79 Å². The van der Waals surface area contributed by atoms with Crippen molar-refractivity contribution in [3.8, 4) is 5.75 Å². The number of benzene rings is 1. The van der Waals surface area contributed by atoms with Gasteiger partial charge in [0, 0.05) is 29.2 Å². The van der Waals surface area contributed by atoms with Gasteiger partial charge in [-0.05, 0) is 33.0 Å². The fourth-order valence-electron chi connectivity index (χ4n) is 1.90. The molecule has 0 radical (unpaired) electrons. The average Bonchev–Trinajstić information content (AvgIpc) is 2.44. The maximum Gasteiger partial charge on any atom is 0.258 e. The van der Waals surface area contributed by atoms with Crippen LogP contribution in [-0.4, -0.2) is 39.3 Å². The summed E-state index contributed by atoms with van der Waals surface area (Å²) in [6.07, 6.45) is 0. The van der Waals surface area contributed by atoms with E-state index >= 15 is 0 Å². The van der Waals surface area contributed by atoms with E-state index in [4.69, 9.17) is 9.47 Å². The van der Waals surface area contributed by atoms with Gasteiger partial charge in [-0.1, -0.05) is 22.0 Å². The van der Waals surface area contributed by atoms with E-state index in [0.717, 1.165) is 10.0 Å². The molecule has 0 fully saturated rings. The molecule has 0 aliphatic heterocycles. The predicted octanol–water partition coefficient (Wildman–Crippen LogP) is 2.26. The molecule has 0 heterocycles. The molecule has 1 aromatic carbocycles. The van der Waals surface area contributed by atoms with Crippen molar-refractivity contribution in [1.82, 2.24) is 10.6 Å². The Kier molecular flexibility index (Phi) is 7.71. The Morgan fingerprint density at radius 2 is 2.10 bits per heavy atom. The molecule has 2 unspecified atom stereocenters. The van der Waals surface area contributed by atoms with Crippen LogP contribution in [0.2, 0.25) is 0 Å². The van der Waals surface area contributed by atoms with Gasteiger partial charge in [0.1, 0.15) is 5.75 Å². The number of halogens is 1. The zero-order valence-electron chi connectivity index (χ0n) is 12.9. The number of hydrogen-bond acceptors (Lipinski definition) is 4. The molecule has 6 heteroatoms. The molecule has 1 rings (SSSR count). The Morgan fingerprint density at radius 3 is 2.71 bits per heavy atom. The van der Waals surface area contributed by atoms with Crippen LogP contribution < -0.4 is 15.4 Å². The van der Waals surface area contributed by atoms with Gasteiger partial charge < -0.3 is 20.1 Å². The molecule has 0 aromatic heterocycles. The highest BCUT2D eigenvalue weighted by molar-refractivity contribution is 9.10. The SMILES string of the molecule is CNC(C)c1ccc(Br)cc1OCC(=O)NC(C)COC.